The lowest BCUT2D eigenvalue weighted by atomic mass is 10.1. The highest BCUT2D eigenvalue weighted by Crippen LogP contribution is 2.17. The first kappa shape index (κ1) is 9.91. The lowest BCUT2D eigenvalue weighted by molar-refractivity contribution is 0.665. The van der Waals surface area contributed by atoms with Crippen molar-refractivity contribution in [2.75, 3.05) is 5.75 Å². The first-order valence-corrected chi connectivity index (χ1v) is 5.52. The van der Waals surface area contributed by atoms with E-state index in [0.717, 1.165) is 5.75 Å². The van der Waals surface area contributed by atoms with Gasteiger partial charge in [0.25, 0.3) is 0 Å². The van der Waals surface area contributed by atoms with E-state index in [1.54, 1.807) is 5.57 Å². The number of unbranched alkanes of at least 4 members (excludes halogenated alkanes) is 3. The summed E-state index contributed by atoms with van der Waals surface area (Å²) in [7, 11) is 0. The maximum Gasteiger partial charge on any atom is -0.00979 e. The Balaban J connectivity index is 1.89. The molecule has 0 aromatic heterocycles. The van der Waals surface area contributed by atoms with Gasteiger partial charge in [0.15, 0.2) is 0 Å². The first-order valence-electron chi connectivity index (χ1n) is 4.89. The number of thiol groups is 1. The van der Waals surface area contributed by atoms with Gasteiger partial charge in [0, 0.05) is 0 Å². The van der Waals surface area contributed by atoms with Crippen LogP contribution in [0.5, 0.6) is 0 Å². The van der Waals surface area contributed by atoms with Crippen LogP contribution in [0.25, 0.3) is 0 Å². The van der Waals surface area contributed by atoms with Crippen LogP contribution in [0.4, 0.5) is 0 Å². The monoisotopic (exact) mass is 182 g/mol. The van der Waals surface area contributed by atoms with Crippen LogP contribution in [0.2, 0.25) is 0 Å². The Labute approximate surface area is 81.2 Å². The molecule has 0 spiro atoms. The van der Waals surface area contributed by atoms with Crippen LogP contribution in [-0.2, 0) is 0 Å². The molecule has 0 bridgehead atoms. The third-order valence-electron chi connectivity index (χ3n) is 2.25. The van der Waals surface area contributed by atoms with Crippen molar-refractivity contribution in [2.24, 2.45) is 0 Å². The fourth-order valence-electron chi connectivity index (χ4n) is 1.49. The fourth-order valence-corrected chi connectivity index (χ4v) is 1.72. The third-order valence-corrected chi connectivity index (χ3v) is 2.57. The van der Waals surface area contributed by atoms with Crippen LogP contribution in [0.1, 0.15) is 38.5 Å². The van der Waals surface area contributed by atoms with Gasteiger partial charge < -0.3 is 0 Å². The van der Waals surface area contributed by atoms with E-state index in [1.807, 2.05) is 0 Å². The summed E-state index contributed by atoms with van der Waals surface area (Å²) in [6.45, 7) is 0. The Hall–Kier alpha value is -0.170. The summed E-state index contributed by atoms with van der Waals surface area (Å²) < 4.78 is 0. The van der Waals surface area contributed by atoms with Crippen molar-refractivity contribution >= 4 is 12.6 Å². The van der Waals surface area contributed by atoms with Crippen LogP contribution in [0, 0.1) is 0 Å². The highest BCUT2D eigenvalue weighted by Gasteiger charge is 1.98. The van der Waals surface area contributed by atoms with E-state index in [1.165, 1.54) is 38.5 Å². The number of rotatable bonds is 6. The van der Waals surface area contributed by atoms with Crippen LogP contribution in [-0.4, -0.2) is 5.75 Å². The van der Waals surface area contributed by atoms with E-state index in [2.05, 4.69) is 30.9 Å². The molecular weight excluding hydrogens is 164 g/mol. The summed E-state index contributed by atoms with van der Waals surface area (Å²) in [5, 5.41) is 0. The number of hydrogen-bond donors (Lipinski definition) is 1. The maximum absolute atomic E-state index is 4.19. The van der Waals surface area contributed by atoms with Crippen molar-refractivity contribution in [3.05, 3.63) is 23.8 Å². The Morgan fingerprint density at radius 2 is 2.00 bits per heavy atom. The molecule has 12 heavy (non-hydrogen) atoms. The first-order chi connectivity index (χ1) is 5.93. The molecule has 0 N–H and O–H groups in total. The van der Waals surface area contributed by atoms with Crippen LogP contribution in [0.15, 0.2) is 23.8 Å². The molecule has 0 atom stereocenters. The average Bonchev–Trinajstić information content (AvgIpc) is 2.57. The van der Waals surface area contributed by atoms with Gasteiger partial charge in [-0.2, -0.15) is 12.6 Å². The van der Waals surface area contributed by atoms with E-state index in [4.69, 9.17) is 0 Å². The highest BCUT2D eigenvalue weighted by atomic mass is 32.1. The molecule has 1 heteroatoms. The Kier molecular flexibility index (Phi) is 5.25. The summed E-state index contributed by atoms with van der Waals surface area (Å²) in [5.74, 6) is 1.05. The summed E-state index contributed by atoms with van der Waals surface area (Å²) in [6.07, 6.45) is 14.5. The number of allylic oxidation sites excluding steroid dienone is 4. The molecule has 0 nitrogen and oxygen atoms in total. The van der Waals surface area contributed by atoms with E-state index in [9.17, 15) is 0 Å². The predicted octanol–water partition coefficient (Wildman–Crippen LogP) is 3.75. The zero-order valence-electron chi connectivity index (χ0n) is 7.63. The van der Waals surface area contributed by atoms with Crippen molar-refractivity contribution in [3.8, 4) is 0 Å². The minimum absolute atomic E-state index is 1.05. The maximum atomic E-state index is 4.19. The van der Waals surface area contributed by atoms with Gasteiger partial charge >= 0.3 is 0 Å². The van der Waals surface area contributed by atoms with Crippen LogP contribution >= 0.6 is 12.6 Å². The van der Waals surface area contributed by atoms with Crippen molar-refractivity contribution < 1.29 is 0 Å². The van der Waals surface area contributed by atoms with Gasteiger partial charge in [0.2, 0.25) is 0 Å². The molecule has 1 aliphatic rings. The molecule has 0 unspecified atom stereocenters. The minimum atomic E-state index is 1.05. The molecule has 0 fully saturated rings. The molecule has 0 radical (unpaired) electrons. The largest absolute Gasteiger partial charge is 0.179 e. The summed E-state index contributed by atoms with van der Waals surface area (Å²) in [6, 6.07) is 0. The van der Waals surface area contributed by atoms with Gasteiger partial charge in [0.05, 0.1) is 0 Å². The lowest BCUT2D eigenvalue weighted by Crippen LogP contribution is -1.82. The molecule has 1 aliphatic carbocycles. The molecular formula is C11H18S. The van der Waals surface area contributed by atoms with Crippen molar-refractivity contribution in [2.45, 2.75) is 38.5 Å². The Bertz CT molecular complexity index is 168. The summed E-state index contributed by atoms with van der Waals surface area (Å²) in [5.41, 5.74) is 1.61. The second kappa shape index (κ2) is 6.36. The molecule has 0 saturated carbocycles. The quantitative estimate of drug-likeness (QED) is 0.469. The second-order valence-corrected chi connectivity index (χ2v) is 3.79. The summed E-state index contributed by atoms with van der Waals surface area (Å²) in [4.78, 5) is 0. The Morgan fingerprint density at radius 3 is 2.67 bits per heavy atom. The highest BCUT2D eigenvalue weighted by molar-refractivity contribution is 7.80. The molecule has 0 aromatic rings. The second-order valence-electron chi connectivity index (χ2n) is 3.35. The topological polar surface area (TPSA) is 0 Å². The predicted molar refractivity (Wildman–Crippen MR) is 58.8 cm³/mol. The third kappa shape index (κ3) is 4.01. The number of hydrogen-bond acceptors (Lipinski definition) is 1. The SMILES string of the molecule is SCCCCCCC1=CC=CC1. The van der Waals surface area contributed by atoms with Gasteiger partial charge in [-0.1, -0.05) is 36.6 Å². The minimum Gasteiger partial charge on any atom is -0.179 e. The lowest BCUT2D eigenvalue weighted by Gasteiger charge is -2.00. The van der Waals surface area contributed by atoms with Crippen LogP contribution < -0.4 is 0 Å². The smallest absolute Gasteiger partial charge is 0.00979 e. The zero-order valence-corrected chi connectivity index (χ0v) is 8.52. The van der Waals surface area contributed by atoms with Crippen LogP contribution in [0.3, 0.4) is 0 Å². The molecule has 0 saturated heterocycles. The molecule has 0 aliphatic heterocycles. The van der Waals surface area contributed by atoms with Crippen molar-refractivity contribution in [1.82, 2.24) is 0 Å². The van der Waals surface area contributed by atoms with Gasteiger partial charge in [-0.05, 0) is 31.4 Å². The summed E-state index contributed by atoms with van der Waals surface area (Å²) >= 11 is 4.19. The molecule has 1 rings (SSSR count). The van der Waals surface area contributed by atoms with E-state index >= 15 is 0 Å². The van der Waals surface area contributed by atoms with E-state index in [0.29, 0.717) is 0 Å². The molecule has 0 aromatic carbocycles. The van der Waals surface area contributed by atoms with E-state index < -0.39 is 0 Å². The van der Waals surface area contributed by atoms with Gasteiger partial charge in [-0.3, -0.25) is 0 Å². The average molecular weight is 182 g/mol. The molecule has 0 heterocycles. The Morgan fingerprint density at radius 1 is 1.17 bits per heavy atom. The zero-order chi connectivity index (χ0) is 8.65. The fraction of sp³-hybridized carbons (Fsp3) is 0.636. The molecule has 0 amide bonds. The van der Waals surface area contributed by atoms with Gasteiger partial charge in [-0.15, -0.1) is 0 Å². The molecule has 68 valence electrons. The van der Waals surface area contributed by atoms with Gasteiger partial charge in [-0.25, -0.2) is 0 Å². The van der Waals surface area contributed by atoms with Crippen molar-refractivity contribution in [1.29, 1.82) is 0 Å². The van der Waals surface area contributed by atoms with Gasteiger partial charge in [0.1, 0.15) is 0 Å². The normalized spacial score (nSPS) is 15.2. The standard InChI is InChI=1S/C11H18S/c12-10-6-2-1-3-7-11-8-4-5-9-11/h4-5,8,12H,1-3,6-7,9-10H2. The van der Waals surface area contributed by atoms with Crippen molar-refractivity contribution in [3.63, 3.8) is 0 Å². The van der Waals surface area contributed by atoms with E-state index in [-0.39, 0.29) is 0 Å².